The van der Waals surface area contributed by atoms with Crippen LogP contribution in [0.15, 0.2) is 30.5 Å². The molecule has 0 atom stereocenters. The molecule has 0 spiro atoms. The van der Waals surface area contributed by atoms with Crippen LogP contribution in [0, 0.1) is 11.3 Å². The molecule has 1 aliphatic rings. The predicted molar refractivity (Wildman–Crippen MR) is 123 cm³/mol. The number of hydrogen-bond acceptors (Lipinski definition) is 7. The van der Waals surface area contributed by atoms with Gasteiger partial charge in [0, 0.05) is 25.2 Å². The summed E-state index contributed by atoms with van der Waals surface area (Å²) in [4.78, 5) is 23.4. The van der Waals surface area contributed by atoms with Gasteiger partial charge in [-0.25, -0.2) is 4.98 Å². The molecular weight excluding hydrogens is 428 g/mol. The van der Waals surface area contributed by atoms with E-state index in [0.717, 1.165) is 50.9 Å². The van der Waals surface area contributed by atoms with Crippen molar-refractivity contribution < 1.29 is 9.90 Å². The zero-order chi connectivity index (χ0) is 23.1. The van der Waals surface area contributed by atoms with E-state index in [0.29, 0.717) is 11.4 Å². The maximum Gasteiger partial charge on any atom is 0.269 e. The predicted octanol–water partition coefficient (Wildman–Crippen LogP) is 3.30. The summed E-state index contributed by atoms with van der Waals surface area (Å²) in [6, 6.07) is 9.37. The van der Waals surface area contributed by atoms with E-state index in [9.17, 15) is 9.90 Å². The normalized spacial score (nSPS) is 14.9. The largest absolute Gasteiger partial charge is 0.393 e. The van der Waals surface area contributed by atoms with E-state index in [1.165, 1.54) is 6.20 Å². The van der Waals surface area contributed by atoms with Gasteiger partial charge in [-0.15, -0.1) is 0 Å². The number of anilines is 1. The standard InChI is InChI=1S/C23H29ClN6O2/c1-3-18(4-2)30(22-20(24)14-26-21(13-25)27-22)28-23(32)17-7-5-16(6-8-17)15-29-11-9-19(31)10-12-29/h5-8,14,18-19,31H,3-4,9-12,15H2,1-2H3,(H,28,32). The number of amides is 1. The summed E-state index contributed by atoms with van der Waals surface area (Å²) in [6.07, 6.45) is 4.28. The van der Waals surface area contributed by atoms with Crippen molar-refractivity contribution in [1.29, 1.82) is 5.26 Å². The molecule has 1 fully saturated rings. The third-order valence-electron chi connectivity index (χ3n) is 5.76. The van der Waals surface area contributed by atoms with Crippen LogP contribution in [0.1, 0.15) is 61.3 Å². The number of aromatic nitrogens is 2. The van der Waals surface area contributed by atoms with Crippen molar-refractivity contribution in [3.63, 3.8) is 0 Å². The fourth-order valence-electron chi connectivity index (χ4n) is 3.82. The Morgan fingerprint density at radius 1 is 1.31 bits per heavy atom. The van der Waals surface area contributed by atoms with Gasteiger partial charge in [0.1, 0.15) is 11.1 Å². The van der Waals surface area contributed by atoms with Gasteiger partial charge >= 0.3 is 0 Å². The number of aliphatic hydroxyl groups excluding tert-OH is 1. The van der Waals surface area contributed by atoms with Crippen LogP contribution in [0.2, 0.25) is 5.02 Å². The summed E-state index contributed by atoms with van der Waals surface area (Å²) < 4.78 is 0. The molecule has 32 heavy (non-hydrogen) atoms. The van der Waals surface area contributed by atoms with Crippen molar-refractivity contribution in [2.24, 2.45) is 0 Å². The molecule has 8 nitrogen and oxygen atoms in total. The Labute approximate surface area is 193 Å². The number of piperidine rings is 1. The highest BCUT2D eigenvalue weighted by Gasteiger charge is 2.24. The van der Waals surface area contributed by atoms with Crippen molar-refractivity contribution in [3.05, 3.63) is 52.4 Å². The smallest absolute Gasteiger partial charge is 0.269 e. The first-order valence-electron chi connectivity index (χ1n) is 11.0. The quantitative estimate of drug-likeness (QED) is 0.587. The molecular formula is C23H29ClN6O2. The van der Waals surface area contributed by atoms with Crippen LogP contribution in [0.5, 0.6) is 0 Å². The molecule has 170 valence electrons. The monoisotopic (exact) mass is 456 g/mol. The van der Waals surface area contributed by atoms with E-state index in [2.05, 4.69) is 20.3 Å². The Kier molecular flexibility index (Phi) is 8.39. The van der Waals surface area contributed by atoms with Crippen LogP contribution < -0.4 is 10.4 Å². The van der Waals surface area contributed by atoms with Crippen LogP contribution in [0.4, 0.5) is 5.82 Å². The second-order valence-electron chi connectivity index (χ2n) is 7.96. The molecule has 2 aromatic rings. The Bertz CT molecular complexity index is 950. The summed E-state index contributed by atoms with van der Waals surface area (Å²) in [5.74, 6) is 0.0195. The molecule has 1 saturated heterocycles. The lowest BCUT2D eigenvalue weighted by Crippen LogP contribution is -2.49. The highest BCUT2D eigenvalue weighted by atomic mass is 35.5. The van der Waals surface area contributed by atoms with Crippen LogP contribution in [-0.4, -0.2) is 51.1 Å². The van der Waals surface area contributed by atoms with Gasteiger partial charge in [-0.1, -0.05) is 37.6 Å². The number of aliphatic hydroxyl groups is 1. The zero-order valence-electron chi connectivity index (χ0n) is 18.5. The lowest BCUT2D eigenvalue weighted by Gasteiger charge is -2.32. The lowest BCUT2D eigenvalue weighted by molar-refractivity contribution is 0.0792. The number of carbonyl (C=O) groups is 1. The van der Waals surface area contributed by atoms with Crippen LogP contribution >= 0.6 is 11.6 Å². The van der Waals surface area contributed by atoms with Gasteiger partial charge in [0.05, 0.1) is 18.3 Å². The van der Waals surface area contributed by atoms with Gasteiger partial charge in [0.2, 0.25) is 5.82 Å². The molecule has 9 heteroatoms. The molecule has 2 heterocycles. The molecule has 3 rings (SSSR count). The SMILES string of the molecule is CCC(CC)N(NC(=O)c1ccc(CN2CCC(O)CC2)cc1)c1nc(C#N)ncc1Cl. The van der Waals surface area contributed by atoms with Crippen molar-refractivity contribution >= 4 is 23.3 Å². The van der Waals surface area contributed by atoms with Gasteiger partial charge in [0.25, 0.3) is 5.91 Å². The van der Waals surface area contributed by atoms with E-state index in [-0.39, 0.29) is 28.9 Å². The Balaban J connectivity index is 1.74. The second kappa shape index (κ2) is 11.2. The molecule has 0 bridgehead atoms. The number of carbonyl (C=O) groups excluding carboxylic acids is 1. The first kappa shape index (κ1) is 23.9. The van der Waals surface area contributed by atoms with E-state index < -0.39 is 0 Å². The summed E-state index contributed by atoms with van der Waals surface area (Å²) in [6.45, 7) is 6.57. The van der Waals surface area contributed by atoms with E-state index in [4.69, 9.17) is 16.9 Å². The van der Waals surface area contributed by atoms with Crippen molar-refractivity contribution in [2.75, 3.05) is 18.1 Å². The molecule has 1 amide bonds. The van der Waals surface area contributed by atoms with Crippen molar-refractivity contribution in [1.82, 2.24) is 20.3 Å². The number of hydrazine groups is 1. The zero-order valence-corrected chi connectivity index (χ0v) is 19.2. The average Bonchev–Trinajstić information content (AvgIpc) is 2.81. The minimum atomic E-state index is -0.280. The minimum Gasteiger partial charge on any atom is -0.393 e. The van der Waals surface area contributed by atoms with Crippen molar-refractivity contribution in [3.8, 4) is 6.07 Å². The number of nitrogens with zero attached hydrogens (tertiary/aromatic N) is 5. The average molecular weight is 457 g/mol. The third kappa shape index (κ3) is 5.94. The summed E-state index contributed by atoms with van der Waals surface area (Å²) >= 11 is 6.31. The third-order valence-corrected chi connectivity index (χ3v) is 6.03. The van der Waals surface area contributed by atoms with E-state index in [1.54, 1.807) is 17.1 Å². The topological polar surface area (TPSA) is 105 Å². The van der Waals surface area contributed by atoms with E-state index >= 15 is 0 Å². The number of nitriles is 1. The summed E-state index contributed by atoms with van der Waals surface area (Å²) in [7, 11) is 0. The number of halogens is 1. The number of rotatable bonds is 8. The number of nitrogens with one attached hydrogen (secondary N) is 1. The highest BCUT2D eigenvalue weighted by Crippen LogP contribution is 2.25. The number of likely N-dealkylation sites (tertiary alicyclic amines) is 1. The van der Waals surface area contributed by atoms with Gasteiger partial charge in [-0.2, -0.15) is 10.2 Å². The molecule has 0 aliphatic carbocycles. The second-order valence-corrected chi connectivity index (χ2v) is 8.37. The molecule has 0 saturated carbocycles. The Hall–Kier alpha value is -2.73. The van der Waals surface area contributed by atoms with E-state index in [1.807, 2.05) is 32.0 Å². The van der Waals surface area contributed by atoms with Crippen molar-refractivity contribution in [2.45, 2.75) is 58.2 Å². The maximum atomic E-state index is 13.0. The number of benzene rings is 1. The first-order valence-corrected chi connectivity index (χ1v) is 11.3. The van der Waals surface area contributed by atoms with Gasteiger partial charge in [-0.3, -0.25) is 20.1 Å². The molecule has 2 N–H and O–H groups in total. The fraction of sp³-hybridized carbons (Fsp3) is 0.478. The molecule has 1 aliphatic heterocycles. The van der Waals surface area contributed by atoms with Gasteiger partial charge in [-0.05, 0) is 43.4 Å². The maximum absolute atomic E-state index is 13.0. The summed E-state index contributed by atoms with van der Waals surface area (Å²) in [5, 5.41) is 20.7. The molecule has 1 aromatic heterocycles. The van der Waals surface area contributed by atoms with Crippen LogP contribution in [0.25, 0.3) is 0 Å². The molecule has 1 aromatic carbocycles. The Morgan fingerprint density at radius 3 is 2.56 bits per heavy atom. The van der Waals surface area contributed by atoms with Gasteiger partial charge in [0.15, 0.2) is 5.82 Å². The molecule has 0 radical (unpaired) electrons. The fourth-order valence-corrected chi connectivity index (χ4v) is 4.01. The Morgan fingerprint density at radius 2 is 1.97 bits per heavy atom. The minimum absolute atomic E-state index is 0.0100. The highest BCUT2D eigenvalue weighted by molar-refractivity contribution is 6.32. The van der Waals surface area contributed by atoms with Crippen LogP contribution in [-0.2, 0) is 6.54 Å². The molecule has 0 unspecified atom stereocenters. The lowest BCUT2D eigenvalue weighted by atomic mass is 10.1. The first-order chi connectivity index (χ1) is 15.4. The van der Waals surface area contributed by atoms with Gasteiger partial charge < -0.3 is 5.11 Å². The number of hydrogen-bond donors (Lipinski definition) is 2. The van der Waals surface area contributed by atoms with Crippen LogP contribution in [0.3, 0.4) is 0 Å². The summed E-state index contributed by atoms with van der Waals surface area (Å²) in [5.41, 5.74) is 4.56.